The molecule has 0 spiro atoms. The molecule has 110 valence electrons. The molecule has 0 radical (unpaired) electrons. The molecule has 20 heavy (non-hydrogen) atoms. The van der Waals surface area contributed by atoms with E-state index in [2.05, 4.69) is 10.6 Å². The molecule has 1 heterocycles. The van der Waals surface area contributed by atoms with E-state index in [1.807, 2.05) is 31.2 Å². The summed E-state index contributed by atoms with van der Waals surface area (Å²) < 4.78 is 5.57. The van der Waals surface area contributed by atoms with E-state index in [1.165, 1.54) is 0 Å². The third-order valence-corrected chi connectivity index (χ3v) is 3.41. The fraction of sp³-hybridized carbons (Fsp3) is 0.533. The van der Waals surface area contributed by atoms with Crippen molar-refractivity contribution in [2.75, 3.05) is 19.7 Å². The molecule has 2 atom stereocenters. The molecule has 5 heteroatoms. The molecule has 1 aromatic carbocycles. The van der Waals surface area contributed by atoms with Crippen LogP contribution in [0.2, 0.25) is 0 Å². The normalized spacial score (nSPS) is 20.3. The van der Waals surface area contributed by atoms with Gasteiger partial charge in [0, 0.05) is 13.1 Å². The van der Waals surface area contributed by atoms with Crippen LogP contribution in [0, 0.1) is 6.92 Å². The number of ether oxygens (including phenoxy) is 1. The predicted molar refractivity (Wildman–Crippen MR) is 76.7 cm³/mol. The molecule has 1 fully saturated rings. The predicted octanol–water partition coefficient (Wildman–Crippen LogP) is 0.603. The average Bonchev–Trinajstić information content (AvgIpc) is 2.45. The molecular formula is C15H22N2O3. The first-order valence-corrected chi connectivity index (χ1v) is 7.04. The number of aliphatic hydroxyl groups excluding tert-OH is 1. The van der Waals surface area contributed by atoms with E-state index in [0.717, 1.165) is 30.7 Å². The number of para-hydroxylation sites is 1. The summed E-state index contributed by atoms with van der Waals surface area (Å²) in [5.74, 6) is 0.797. The van der Waals surface area contributed by atoms with Gasteiger partial charge in [-0.3, -0.25) is 4.79 Å². The summed E-state index contributed by atoms with van der Waals surface area (Å²) in [6.07, 6.45) is 1.15. The Morgan fingerprint density at radius 1 is 1.50 bits per heavy atom. The maximum atomic E-state index is 11.5. The first-order valence-electron chi connectivity index (χ1n) is 7.04. The largest absolute Gasteiger partial charge is 0.491 e. The van der Waals surface area contributed by atoms with Crippen LogP contribution in [0.5, 0.6) is 5.75 Å². The van der Waals surface area contributed by atoms with E-state index in [9.17, 15) is 9.90 Å². The van der Waals surface area contributed by atoms with Crippen LogP contribution in [0.3, 0.4) is 0 Å². The Morgan fingerprint density at radius 2 is 2.30 bits per heavy atom. The van der Waals surface area contributed by atoms with E-state index in [1.54, 1.807) is 0 Å². The molecule has 1 saturated heterocycles. The first kappa shape index (κ1) is 14.8. The highest BCUT2D eigenvalue weighted by molar-refractivity contribution is 5.82. The van der Waals surface area contributed by atoms with Gasteiger partial charge in [0.05, 0.1) is 6.04 Å². The lowest BCUT2D eigenvalue weighted by Gasteiger charge is -2.24. The quantitative estimate of drug-likeness (QED) is 0.713. The number of amides is 1. The van der Waals surface area contributed by atoms with Gasteiger partial charge in [-0.25, -0.2) is 0 Å². The van der Waals surface area contributed by atoms with Crippen molar-refractivity contribution < 1.29 is 14.6 Å². The lowest BCUT2D eigenvalue weighted by Crippen LogP contribution is -2.50. The van der Waals surface area contributed by atoms with Gasteiger partial charge in [0.1, 0.15) is 18.5 Å². The number of rotatable bonds is 6. The van der Waals surface area contributed by atoms with Crippen molar-refractivity contribution in [3.63, 3.8) is 0 Å². The summed E-state index contributed by atoms with van der Waals surface area (Å²) in [7, 11) is 0. The van der Waals surface area contributed by atoms with Crippen LogP contribution in [-0.2, 0) is 4.79 Å². The number of aryl methyl sites for hydroxylation is 1. The topological polar surface area (TPSA) is 70.6 Å². The Hall–Kier alpha value is -1.59. The molecule has 0 bridgehead atoms. The van der Waals surface area contributed by atoms with Crippen LogP contribution >= 0.6 is 0 Å². The standard InChI is InChI=1S/C15H22N2O3/c1-11-5-2-3-7-14(11)20-10-12(18)9-17-13-6-4-8-16-15(13)19/h2-3,5,7,12-13,17-18H,4,6,8-10H2,1H3,(H,16,19). The van der Waals surface area contributed by atoms with Crippen LogP contribution in [0.25, 0.3) is 0 Å². The van der Waals surface area contributed by atoms with Gasteiger partial charge in [0.15, 0.2) is 0 Å². The van der Waals surface area contributed by atoms with Crippen LogP contribution in [0.15, 0.2) is 24.3 Å². The molecule has 1 aromatic rings. The molecule has 2 rings (SSSR count). The number of carbonyl (C=O) groups is 1. The Labute approximate surface area is 119 Å². The fourth-order valence-corrected chi connectivity index (χ4v) is 2.21. The second-order valence-corrected chi connectivity index (χ2v) is 5.12. The maximum absolute atomic E-state index is 11.5. The Balaban J connectivity index is 1.71. The van der Waals surface area contributed by atoms with Crippen molar-refractivity contribution in [1.82, 2.24) is 10.6 Å². The molecule has 2 unspecified atom stereocenters. The second-order valence-electron chi connectivity index (χ2n) is 5.12. The van der Waals surface area contributed by atoms with Gasteiger partial charge in [0.25, 0.3) is 0 Å². The minimum Gasteiger partial charge on any atom is -0.491 e. The van der Waals surface area contributed by atoms with Crippen LogP contribution in [0.4, 0.5) is 0 Å². The Kier molecular flexibility index (Phi) is 5.38. The number of hydrogen-bond acceptors (Lipinski definition) is 4. The highest BCUT2D eigenvalue weighted by Crippen LogP contribution is 2.16. The van der Waals surface area contributed by atoms with Crippen LogP contribution in [-0.4, -0.2) is 42.9 Å². The van der Waals surface area contributed by atoms with Crippen LogP contribution < -0.4 is 15.4 Å². The van der Waals surface area contributed by atoms with Crippen LogP contribution in [0.1, 0.15) is 18.4 Å². The van der Waals surface area contributed by atoms with Crippen molar-refractivity contribution in [2.45, 2.75) is 31.9 Å². The van der Waals surface area contributed by atoms with Gasteiger partial charge in [-0.2, -0.15) is 0 Å². The average molecular weight is 278 g/mol. The number of piperidine rings is 1. The van der Waals surface area contributed by atoms with E-state index in [4.69, 9.17) is 4.74 Å². The van der Waals surface area contributed by atoms with Crippen molar-refractivity contribution in [3.8, 4) is 5.75 Å². The monoisotopic (exact) mass is 278 g/mol. The van der Waals surface area contributed by atoms with Gasteiger partial charge in [0.2, 0.25) is 5.91 Å². The number of nitrogens with one attached hydrogen (secondary N) is 2. The van der Waals surface area contributed by atoms with Gasteiger partial charge in [-0.05, 0) is 31.4 Å². The van der Waals surface area contributed by atoms with E-state index in [-0.39, 0.29) is 18.6 Å². The number of carbonyl (C=O) groups excluding carboxylic acids is 1. The number of aliphatic hydroxyl groups is 1. The highest BCUT2D eigenvalue weighted by Gasteiger charge is 2.22. The molecule has 0 aromatic heterocycles. The minimum atomic E-state index is -0.635. The van der Waals surface area contributed by atoms with Crippen molar-refractivity contribution in [3.05, 3.63) is 29.8 Å². The van der Waals surface area contributed by atoms with E-state index < -0.39 is 6.10 Å². The third-order valence-electron chi connectivity index (χ3n) is 3.41. The molecule has 1 aliphatic heterocycles. The van der Waals surface area contributed by atoms with Gasteiger partial charge in [-0.15, -0.1) is 0 Å². The zero-order valence-corrected chi connectivity index (χ0v) is 11.8. The third kappa shape index (κ3) is 4.21. The Bertz CT molecular complexity index is 450. The zero-order chi connectivity index (χ0) is 14.4. The second kappa shape index (κ2) is 7.26. The summed E-state index contributed by atoms with van der Waals surface area (Å²) in [4.78, 5) is 11.5. The zero-order valence-electron chi connectivity index (χ0n) is 11.8. The lowest BCUT2D eigenvalue weighted by atomic mass is 10.1. The molecule has 5 nitrogen and oxygen atoms in total. The molecular weight excluding hydrogens is 256 g/mol. The maximum Gasteiger partial charge on any atom is 0.237 e. The van der Waals surface area contributed by atoms with Gasteiger partial charge >= 0.3 is 0 Å². The minimum absolute atomic E-state index is 0.0169. The van der Waals surface area contributed by atoms with Crippen molar-refractivity contribution in [1.29, 1.82) is 0 Å². The van der Waals surface area contributed by atoms with Gasteiger partial charge < -0.3 is 20.5 Å². The lowest BCUT2D eigenvalue weighted by molar-refractivity contribution is -0.124. The first-order chi connectivity index (χ1) is 9.66. The molecule has 0 saturated carbocycles. The smallest absolute Gasteiger partial charge is 0.237 e. The summed E-state index contributed by atoms with van der Waals surface area (Å²) >= 11 is 0. The molecule has 1 aliphatic rings. The molecule has 1 amide bonds. The summed E-state index contributed by atoms with van der Waals surface area (Å²) in [5, 5.41) is 15.8. The van der Waals surface area contributed by atoms with Crippen molar-refractivity contribution in [2.24, 2.45) is 0 Å². The highest BCUT2D eigenvalue weighted by atomic mass is 16.5. The fourth-order valence-electron chi connectivity index (χ4n) is 2.21. The molecule has 0 aliphatic carbocycles. The van der Waals surface area contributed by atoms with Gasteiger partial charge in [-0.1, -0.05) is 18.2 Å². The summed E-state index contributed by atoms with van der Waals surface area (Å²) in [6, 6.07) is 7.49. The Morgan fingerprint density at radius 3 is 3.05 bits per heavy atom. The summed E-state index contributed by atoms with van der Waals surface area (Å²) in [6.45, 7) is 3.28. The summed E-state index contributed by atoms with van der Waals surface area (Å²) in [5.41, 5.74) is 1.04. The van der Waals surface area contributed by atoms with E-state index in [0.29, 0.717) is 6.54 Å². The van der Waals surface area contributed by atoms with E-state index >= 15 is 0 Å². The molecule has 3 N–H and O–H groups in total. The number of benzene rings is 1. The number of hydrogen-bond donors (Lipinski definition) is 3. The van der Waals surface area contributed by atoms with Crippen molar-refractivity contribution >= 4 is 5.91 Å². The SMILES string of the molecule is Cc1ccccc1OCC(O)CNC1CCCNC1=O.